The van der Waals surface area contributed by atoms with E-state index in [0.29, 0.717) is 0 Å². The molecule has 30 heavy (non-hydrogen) atoms. The van der Waals surface area contributed by atoms with Crippen LogP contribution in [0.1, 0.15) is 0 Å². The molecule has 14 heteroatoms. The number of carboxylic acids is 4. The predicted molar refractivity (Wildman–Crippen MR) is 98.7 cm³/mol. The fourth-order valence-electron chi connectivity index (χ4n) is 2.71. The number of carbonyl (C=O) groups is 4. The third-order valence-electron chi connectivity index (χ3n) is 3.98. The third kappa shape index (κ3) is 7.48. The zero-order chi connectivity index (χ0) is 23.0. The molecule has 0 aliphatic carbocycles. The lowest BCUT2D eigenvalue weighted by Crippen LogP contribution is -2.48. The first-order valence-corrected chi connectivity index (χ1v) is 8.51. The summed E-state index contributed by atoms with van der Waals surface area (Å²) in [7, 11) is 0. The van der Waals surface area contributed by atoms with Crippen molar-refractivity contribution >= 4 is 29.6 Å². The second-order valence-corrected chi connectivity index (χ2v) is 6.34. The molecule has 0 heterocycles. The lowest BCUT2D eigenvalue weighted by atomic mass is 10.2. The molecular formula is C16H21N3O11. The van der Waals surface area contributed by atoms with Crippen molar-refractivity contribution in [2.45, 2.75) is 0 Å². The highest BCUT2D eigenvalue weighted by atomic mass is 16.4. The Bertz CT molecular complexity index is 802. The van der Waals surface area contributed by atoms with Gasteiger partial charge in [-0.15, -0.1) is 0 Å². The van der Waals surface area contributed by atoms with Crippen LogP contribution in [0.3, 0.4) is 0 Å². The second kappa shape index (κ2) is 10.9. The van der Waals surface area contributed by atoms with Crippen LogP contribution in [0, 0.1) is 0 Å². The number of anilines is 1. The summed E-state index contributed by atoms with van der Waals surface area (Å²) in [5.74, 6) is -6.02. The van der Waals surface area contributed by atoms with Crippen molar-refractivity contribution in [3.8, 4) is 5.75 Å². The maximum atomic E-state index is 11.8. The lowest BCUT2D eigenvalue weighted by molar-refractivity contribution is -0.143. The minimum absolute atomic E-state index is 0.186. The van der Waals surface area contributed by atoms with Crippen molar-refractivity contribution in [3.05, 3.63) is 20.4 Å². The highest BCUT2D eigenvalue weighted by Gasteiger charge is 2.27. The van der Waals surface area contributed by atoms with Gasteiger partial charge in [-0.05, 0) is 0 Å². The molecule has 5 N–H and O–H groups in total. The van der Waals surface area contributed by atoms with E-state index >= 15 is 0 Å². The van der Waals surface area contributed by atoms with E-state index in [4.69, 9.17) is 20.4 Å². The highest BCUT2D eigenvalue weighted by molar-refractivity contribution is 5.73. The Balaban J connectivity index is 2.97. The second-order valence-electron chi connectivity index (χ2n) is 6.34. The van der Waals surface area contributed by atoms with Crippen molar-refractivity contribution in [1.82, 2.24) is 9.80 Å². The largest absolute Gasteiger partial charge is 0.502 e. The maximum Gasteiger partial charge on any atom is 0.317 e. The van der Waals surface area contributed by atoms with Gasteiger partial charge < -0.3 is 30.4 Å². The number of hydrogen-bond donors (Lipinski definition) is 5. The van der Waals surface area contributed by atoms with Crippen molar-refractivity contribution in [2.24, 2.45) is 0 Å². The van der Waals surface area contributed by atoms with Gasteiger partial charge in [0, 0.05) is 26.2 Å². The summed E-state index contributed by atoms with van der Waals surface area (Å²) < 4.78 is 0. The lowest BCUT2D eigenvalue weighted by Gasteiger charge is -2.30. The van der Waals surface area contributed by atoms with Crippen molar-refractivity contribution in [1.29, 1.82) is 0 Å². The average Bonchev–Trinajstić information content (AvgIpc) is 2.60. The van der Waals surface area contributed by atoms with Crippen LogP contribution in [-0.2, 0) is 19.2 Å². The summed E-state index contributed by atoms with van der Waals surface area (Å²) in [6, 6.07) is 0. The van der Waals surface area contributed by atoms with Gasteiger partial charge >= 0.3 is 23.9 Å². The van der Waals surface area contributed by atoms with Crippen molar-refractivity contribution in [3.63, 3.8) is 0 Å². The van der Waals surface area contributed by atoms with Crippen LogP contribution in [0.4, 0.5) is 5.69 Å². The Morgan fingerprint density at radius 3 is 1.20 bits per heavy atom. The molecule has 0 saturated heterocycles. The monoisotopic (exact) mass is 431 g/mol. The third-order valence-corrected chi connectivity index (χ3v) is 3.98. The summed E-state index contributed by atoms with van der Waals surface area (Å²) in [4.78, 5) is 69.9. The molecule has 14 nitrogen and oxygen atoms in total. The van der Waals surface area contributed by atoms with Crippen LogP contribution < -0.4 is 15.8 Å². The van der Waals surface area contributed by atoms with Crippen LogP contribution >= 0.6 is 0 Å². The van der Waals surface area contributed by atoms with E-state index in [9.17, 15) is 33.9 Å². The van der Waals surface area contributed by atoms with E-state index in [1.54, 1.807) is 0 Å². The molecule has 1 rings (SSSR count). The molecule has 166 valence electrons. The first-order chi connectivity index (χ1) is 13.9. The van der Waals surface area contributed by atoms with Gasteiger partial charge in [-0.1, -0.05) is 0 Å². The van der Waals surface area contributed by atoms with Gasteiger partial charge in [0.2, 0.25) is 0 Å². The summed E-state index contributed by atoms with van der Waals surface area (Å²) in [5, 5.41) is 45.2. The fourth-order valence-corrected chi connectivity index (χ4v) is 2.71. The molecule has 0 unspecified atom stereocenters. The van der Waals surface area contributed by atoms with E-state index < -0.39 is 66.7 Å². The summed E-state index contributed by atoms with van der Waals surface area (Å²) >= 11 is 0. The Labute approximate surface area is 168 Å². The summed E-state index contributed by atoms with van der Waals surface area (Å²) in [6.45, 7) is -3.24. The minimum atomic E-state index is -1.30. The van der Waals surface area contributed by atoms with Gasteiger partial charge in [0.05, 0.1) is 26.2 Å². The highest BCUT2D eigenvalue weighted by Crippen LogP contribution is 2.20. The number of aromatic hydroxyl groups is 1. The van der Waals surface area contributed by atoms with Gasteiger partial charge in [-0.3, -0.25) is 38.6 Å². The van der Waals surface area contributed by atoms with Crippen molar-refractivity contribution in [2.75, 3.05) is 57.3 Å². The molecule has 0 amide bonds. The van der Waals surface area contributed by atoms with E-state index in [2.05, 4.69) is 0 Å². The van der Waals surface area contributed by atoms with Gasteiger partial charge in [-0.25, -0.2) is 0 Å². The number of nitrogens with zero attached hydrogens (tertiary/aromatic N) is 3. The van der Waals surface area contributed by atoms with Gasteiger partial charge in [0.15, 0.2) is 5.75 Å². The molecular weight excluding hydrogens is 410 g/mol. The van der Waals surface area contributed by atoms with E-state index in [1.165, 1.54) is 0 Å². The molecule has 0 aliphatic heterocycles. The molecule has 0 spiro atoms. The zero-order valence-electron chi connectivity index (χ0n) is 15.7. The number of rotatable bonds is 15. The Morgan fingerprint density at radius 1 is 0.600 bits per heavy atom. The minimum Gasteiger partial charge on any atom is -0.502 e. The first-order valence-electron chi connectivity index (χ1n) is 8.51. The SMILES string of the molecule is O=C(O)CN(CCN(CCN(CC(=O)O)CC(=O)O)c1c(O)c(=O)c1=O)CC(=O)O. The van der Waals surface area contributed by atoms with Crippen molar-refractivity contribution < 1.29 is 44.7 Å². The molecule has 0 atom stereocenters. The smallest absolute Gasteiger partial charge is 0.317 e. The Morgan fingerprint density at radius 2 is 0.933 bits per heavy atom. The fraction of sp³-hybridized carbons (Fsp3) is 0.500. The molecule has 0 saturated carbocycles. The molecule has 0 bridgehead atoms. The Kier molecular flexibility index (Phi) is 8.88. The molecule has 0 radical (unpaired) electrons. The first kappa shape index (κ1) is 24.5. The molecule has 0 aliphatic rings. The van der Waals surface area contributed by atoms with E-state index in [-0.39, 0.29) is 31.9 Å². The molecule has 0 aromatic heterocycles. The normalized spacial score (nSPS) is 11.1. The predicted octanol–water partition coefficient (Wildman–Crippen LogP) is -3.26. The van der Waals surface area contributed by atoms with Gasteiger partial charge in [0.1, 0.15) is 5.69 Å². The Hall–Kier alpha value is -3.52. The van der Waals surface area contributed by atoms with Crippen LogP contribution in [0.5, 0.6) is 5.75 Å². The van der Waals surface area contributed by atoms with Crippen LogP contribution in [0.25, 0.3) is 0 Å². The molecule has 1 aromatic carbocycles. The van der Waals surface area contributed by atoms with E-state index in [0.717, 1.165) is 14.7 Å². The van der Waals surface area contributed by atoms with Crippen LogP contribution in [0.2, 0.25) is 0 Å². The average molecular weight is 431 g/mol. The standard InChI is InChI=1S/C16H21N3O11/c20-9(21)5-17(6-10(22)23)1-3-19(13-14(28)16(30)15(13)29)4-2-18(7-11(24)25)8-12(26)27/h28H,1-8H2,(H,20,21)(H,22,23)(H,24,25)(H,26,27). The van der Waals surface area contributed by atoms with E-state index in [1.807, 2.05) is 0 Å². The number of carboxylic acid groups (broad SMARTS) is 4. The topological polar surface area (TPSA) is 213 Å². The van der Waals surface area contributed by atoms with Gasteiger partial charge in [0.25, 0.3) is 10.9 Å². The number of aliphatic carboxylic acids is 4. The summed E-state index contributed by atoms with van der Waals surface area (Å²) in [5.41, 5.74) is -2.52. The molecule has 0 fully saturated rings. The quantitative estimate of drug-likeness (QED) is 0.172. The summed E-state index contributed by atoms with van der Waals surface area (Å²) in [6.07, 6.45) is 0. The molecule has 1 aromatic rings. The van der Waals surface area contributed by atoms with Crippen LogP contribution in [-0.4, -0.2) is 112 Å². The maximum absolute atomic E-state index is 11.8. The van der Waals surface area contributed by atoms with Crippen LogP contribution in [0.15, 0.2) is 9.59 Å². The zero-order valence-corrected chi connectivity index (χ0v) is 15.7. The van der Waals surface area contributed by atoms with Gasteiger partial charge in [-0.2, -0.15) is 0 Å². The number of hydrogen-bond acceptors (Lipinski definition) is 10.